The fraction of sp³-hybridized carbons (Fsp3) is 0.240. The van der Waals surface area contributed by atoms with Crippen molar-refractivity contribution in [2.45, 2.75) is 51.5 Å². The monoisotopic (exact) mass is 532 g/mol. The molecule has 0 amide bonds. The van der Waals surface area contributed by atoms with E-state index in [1.165, 1.54) is 41.9 Å². The van der Waals surface area contributed by atoms with Crippen LogP contribution < -0.4 is 10.6 Å². The number of thiocarbonyl (C=S) groups is 1. The molecular formula is C25H24N8S3. The molecule has 3 aromatic heterocycles. The van der Waals surface area contributed by atoms with Crippen molar-refractivity contribution in [3.05, 3.63) is 78.9 Å². The molecule has 1 aliphatic rings. The lowest BCUT2D eigenvalue weighted by molar-refractivity contribution is 0.435. The van der Waals surface area contributed by atoms with Crippen LogP contribution in [0.5, 0.6) is 0 Å². The number of benzene rings is 1. The Morgan fingerprint density at radius 1 is 0.806 bits per heavy atom. The Kier molecular flexibility index (Phi) is 7.99. The Morgan fingerprint density at radius 2 is 1.36 bits per heavy atom. The molecule has 1 aliphatic carbocycles. The van der Waals surface area contributed by atoms with Gasteiger partial charge in [0.25, 0.3) is 0 Å². The number of nitrogens with one attached hydrogen (secondary N) is 2. The van der Waals surface area contributed by atoms with Gasteiger partial charge in [-0.05, 0) is 66.3 Å². The van der Waals surface area contributed by atoms with E-state index in [1.54, 1.807) is 36.9 Å². The van der Waals surface area contributed by atoms with Gasteiger partial charge in [-0.2, -0.15) is 0 Å². The van der Waals surface area contributed by atoms with Crippen LogP contribution in [0, 0.1) is 0 Å². The minimum absolute atomic E-state index is 0.0852. The maximum Gasteiger partial charge on any atom is 0.231 e. The number of hydrogen-bond donors (Lipinski definition) is 2. The Hall–Kier alpha value is -3.15. The summed E-state index contributed by atoms with van der Waals surface area (Å²) in [6.45, 7) is 0.759. The van der Waals surface area contributed by atoms with Crippen molar-refractivity contribution in [2.75, 3.05) is 11.9 Å². The average molecular weight is 533 g/mol. The van der Waals surface area contributed by atoms with Gasteiger partial charge in [0, 0.05) is 42.8 Å². The zero-order valence-corrected chi connectivity index (χ0v) is 21.8. The largest absolute Gasteiger partial charge is 0.361 e. The zero-order chi connectivity index (χ0) is 24.6. The molecule has 182 valence electrons. The molecule has 0 bridgehead atoms. The molecule has 2 N–H and O–H groups in total. The summed E-state index contributed by atoms with van der Waals surface area (Å²) in [4.78, 5) is 26.4. The first-order valence-corrected chi connectivity index (χ1v) is 13.6. The van der Waals surface area contributed by atoms with Crippen LogP contribution in [0.4, 0.5) is 5.95 Å². The molecule has 8 nitrogen and oxygen atoms in total. The van der Waals surface area contributed by atoms with Gasteiger partial charge in [0.1, 0.15) is 10.1 Å². The number of aromatic nitrogens is 6. The van der Waals surface area contributed by atoms with Crippen LogP contribution in [0.15, 0.2) is 93.7 Å². The lowest BCUT2D eigenvalue weighted by Gasteiger charge is -2.30. The Balaban J connectivity index is 1.32. The van der Waals surface area contributed by atoms with E-state index in [0.717, 1.165) is 19.4 Å². The van der Waals surface area contributed by atoms with E-state index in [9.17, 15) is 0 Å². The highest BCUT2D eigenvalue weighted by molar-refractivity contribution is 7.99. The van der Waals surface area contributed by atoms with Gasteiger partial charge in [-0.15, -0.1) is 0 Å². The molecule has 0 unspecified atom stereocenters. The summed E-state index contributed by atoms with van der Waals surface area (Å²) >= 11 is 8.36. The SMILES string of the molecule is S=C(NCC1(c2ccccc2)CCCC1)Nc1nc(Sc2ncccn2)cc(Sc2ncccn2)n1. The van der Waals surface area contributed by atoms with Crippen LogP contribution in [0.3, 0.4) is 0 Å². The second-order valence-electron chi connectivity index (χ2n) is 8.30. The van der Waals surface area contributed by atoms with Crippen LogP contribution in [0.2, 0.25) is 0 Å². The molecule has 1 aromatic carbocycles. The van der Waals surface area contributed by atoms with E-state index < -0.39 is 0 Å². The van der Waals surface area contributed by atoms with Gasteiger partial charge in [0.2, 0.25) is 5.95 Å². The van der Waals surface area contributed by atoms with Crippen molar-refractivity contribution in [1.29, 1.82) is 0 Å². The number of anilines is 1. The molecule has 0 saturated heterocycles. The average Bonchev–Trinajstić information content (AvgIpc) is 3.39. The Labute approximate surface area is 223 Å². The highest BCUT2D eigenvalue weighted by atomic mass is 32.2. The van der Waals surface area contributed by atoms with Crippen LogP contribution in [-0.4, -0.2) is 41.6 Å². The summed E-state index contributed by atoms with van der Waals surface area (Å²) in [6, 6.07) is 16.1. The molecule has 1 saturated carbocycles. The topological polar surface area (TPSA) is 101 Å². The van der Waals surface area contributed by atoms with Crippen molar-refractivity contribution in [3.63, 3.8) is 0 Å². The molecular weight excluding hydrogens is 509 g/mol. The number of hydrogen-bond acceptors (Lipinski definition) is 9. The van der Waals surface area contributed by atoms with Crippen molar-refractivity contribution in [3.8, 4) is 0 Å². The summed E-state index contributed by atoms with van der Waals surface area (Å²) in [6.07, 6.45) is 11.5. The van der Waals surface area contributed by atoms with Gasteiger partial charge in [-0.1, -0.05) is 43.2 Å². The van der Waals surface area contributed by atoms with Gasteiger partial charge in [-0.25, -0.2) is 29.9 Å². The van der Waals surface area contributed by atoms with E-state index in [-0.39, 0.29) is 5.41 Å². The second kappa shape index (κ2) is 11.7. The van der Waals surface area contributed by atoms with E-state index in [1.807, 2.05) is 6.07 Å². The molecule has 0 spiro atoms. The molecule has 3 heterocycles. The predicted octanol–water partition coefficient (Wildman–Crippen LogP) is 5.16. The lowest BCUT2D eigenvalue weighted by atomic mass is 9.79. The smallest absolute Gasteiger partial charge is 0.231 e. The van der Waals surface area contributed by atoms with Crippen molar-refractivity contribution < 1.29 is 0 Å². The van der Waals surface area contributed by atoms with Crippen molar-refractivity contribution >= 4 is 46.8 Å². The summed E-state index contributed by atoms with van der Waals surface area (Å²) in [5, 5.41) is 9.67. The van der Waals surface area contributed by atoms with Gasteiger partial charge in [0.05, 0.1) is 0 Å². The second-order valence-corrected chi connectivity index (χ2v) is 10.7. The zero-order valence-electron chi connectivity index (χ0n) is 19.4. The highest BCUT2D eigenvalue weighted by Crippen LogP contribution is 2.40. The van der Waals surface area contributed by atoms with Gasteiger partial charge in [-0.3, -0.25) is 0 Å². The third-order valence-electron chi connectivity index (χ3n) is 5.91. The van der Waals surface area contributed by atoms with E-state index in [0.29, 0.717) is 31.4 Å². The quantitative estimate of drug-likeness (QED) is 0.179. The first-order chi connectivity index (χ1) is 17.7. The Morgan fingerprint density at radius 3 is 1.92 bits per heavy atom. The highest BCUT2D eigenvalue weighted by Gasteiger charge is 2.35. The third-order valence-corrected chi connectivity index (χ3v) is 7.78. The molecule has 0 radical (unpaired) electrons. The number of rotatable bonds is 8. The maximum absolute atomic E-state index is 5.65. The van der Waals surface area contributed by atoms with Crippen LogP contribution >= 0.6 is 35.7 Å². The van der Waals surface area contributed by atoms with Crippen LogP contribution in [0.1, 0.15) is 31.2 Å². The molecule has 11 heteroatoms. The third kappa shape index (κ3) is 6.34. The summed E-state index contributed by atoms with van der Waals surface area (Å²) in [5.41, 5.74) is 1.44. The van der Waals surface area contributed by atoms with Gasteiger partial charge < -0.3 is 10.6 Å². The van der Waals surface area contributed by atoms with E-state index >= 15 is 0 Å². The molecule has 0 aliphatic heterocycles. The Bertz CT molecular complexity index is 1230. The van der Waals surface area contributed by atoms with E-state index in [2.05, 4.69) is 70.9 Å². The fourth-order valence-corrected chi connectivity index (χ4v) is 5.91. The van der Waals surface area contributed by atoms with Crippen LogP contribution in [-0.2, 0) is 5.41 Å². The fourth-order valence-electron chi connectivity index (χ4n) is 4.23. The molecule has 36 heavy (non-hydrogen) atoms. The van der Waals surface area contributed by atoms with Gasteiger partial charge >= 0.3 is 0 Å². The summed E-state index contributed by atoms with van der Waals surface area (Å²) in [5.74, 6) is 0.395. The predicted molar refractivity (Wildman–Crippen MR) is 145 cm³/mol. The first-order valence-electron chi connectivity index (χ1n) is 11.6. The molecule has 4 aromatic rings. The van der Waals surface area contributed by atoms with Crippen molar-refractivity contribution in [1.82, 2.24) is 35.2 Å². The molecule has 0 atom stereocenters. The maximum atomic E-state index is 5.65. The lowest BCUT2D eigenvalue weighted by Crippen LogP contribution is -2.41. The summed E-state index contributed by atoms with van der Waals surface area (Å²) < 4.78 is 0. The van der Waals surface area contributed by atoms with Crippen molar-refractivity contribution in [2.24, 2.45) is 0 Å². The minimum atomic E-state index is 0.0852. The minimum Gasteiger partial charge on any atom is -0.361 e. The van der Waals surface area contributed by atoms with Gasteiger partial charge in [0.15, 0.2) is 15.4 Å². The first kappa shape index (κ1) is 24.5. The molecule has 5 rings (SSSR count). The normalized spacial score (nSPS) is 14.3. The summed E-state index contributed by atoms with van der Waals surface area (Å²) in [7, 11) is 0. The molecule has 1 fully saturated rings. The van der Waals surface area contributed by atoms with Crippen LogP contribution in [0.25, 0.3) is 0 Å². The van der Waals surface area contributed by atoms with E-state index in [4.69, 9.17) is 12.2 Å². The number of nitrogens with zero attached hydrogens (tertiary/aromatic N) is 6. The standard InChI is InChI=1S/C25H24N8S3/c34-22(30-17-25(10-4-5-11-25)18-8-2-1-3-9-18)33-21-31-19(35-23-26-12-6-13-27-23)16-20(32-21)36-24-28-14-7-15-29-24/h1-3,6-9,12-16H,4-5,10-11,17H2,(H2,30,31,32,33,34).